The maximum absolute atomic E-state index is 2.40. The van der Waals surface area contributed by atoms with Crippen LogP contribution in [0.2, 0.25) is 0 Å². The normalized spacial score (nSPS) is 24.0. The topological polar surface area (TPSA) is 0 Å². The van der Waals surface area contributed by atoms with Gasteiger partial charge in [-0.1, -0.05) is 44.6 Å². The molecular weight excluding hydrogens is 132 g/mol. The predicted molar refractivity (Wildman–Crippen MR) is 50.5 cm³/mol. The molecule has 0 aromatic rings. The maximum Gasteiger partial charge on any atom is -0.0221 e. The molecule has 0 N–H and O–H groups in total. The van der Waals surface area contributed by atoms with Crippen LogP contribution in [-0.2, 0) is 0 Å². The molecule has 0 spiro atoms. The molecule has 1 aliphatic carbocycles. The Labute approximate surface area is 70.0 Å². The van der Waals surface area contributed by atoms with E-state index < -0.39 is 0 Å². The minimum Gasteiger partial charge on any atom is -0.0837 e. The minimum absolute atomic E-state index is 0.758. The van der Waals surface area contributed by atoms with Gasteiger partial charge in [-0.15, -0.1) is 0 Å². The molecule has 0 aromatic heterocycles. The summed E-state index contributed by atoms with van der Waals surface area (Å²) in [7, 11) is 0. The van der Waals surface area contributed by atoms with E-state index in [0.717, 1.165) is 11.8 Å². The predicted octanol–water partition coefficient (Wildman–Crippen LogP) is 3.55. The van der Waals surface area contributed by atoms with Crippen LogP contribution in [0.5, 0.6) is 0 Å². The third kappa shape index (κ3) is 2.92. The van der Waals surface area contributed by atoms with Gasteiger partial charge in [0.05, 0.1) is 0 Å². The first-order valence-corrected chi connectivity index (χ1v) is 4.55. The van der Waals surface area contributed by atoms with Gasteiger partial charge in [0, 0.05) is 0 Å². The largest absolute Gasteiger partial charge is 0.0837 e. The fourth-order valence-corrected chi connectivity index (χ4v) is 1.53. The first kappa shape index (κ1) is 8.58. The van der Waals surface area contributed by atoms with Crippen molar-refractivity contribution in [2.45, 2.75) is 33.6 Å². The Morgan fingerprint density at radius 1 is 1.55 bits per heavy atom. The molecule has 0 aliphatic heterocycles. The van der Waals surface area contributed by atoms with Crippen LogP contribution < -0.4 is 0 Å². The van der Waals surface area contributed by atoms with Crippen molar-refractivity contribution in [3.8, 4) is 0 Å². The lowest BCUT2D eigenvalue weighted by Gasteiger charge is -2.13. The quantitative estimate of drug-likeness (QED) is 0.564. The minimum atomic E-state index is 0.758. The van der Waals surface area contributed by atoms with Crippen LogP contribution in [0.15, 0.2) is 23.8 Å². The van der Waals surface area contributed by atoms with E-state index in [0.29, 0.717) is 0 Å². The van der Waals surface area contributed by atoms with E-state index >= 15 is 0 Å². The van der Waals surface area contributed by atoms with Crippen LogP contribution in [0.1, 0.15) is 33.6 Å². The van der Waals surface area contributed by atoms with Gasteiger partial charge >= 0.3 is 0 Å². The SMILES string of the molecule is CC(C)CC1=CC(C)CC=C1. The van der Waals surface area contributed by atoms with Gasteiger partial charge in [-0.25, -0.2) is 0 Å². The van der Waals surface area contributed by atoms with Crippen molar-refractivity contribution in [1.82, 2.24) is 0 Å². The van der Waals surface area contributed by atoms with Crippen molar-refractivity contribution in [2.75, 3.05) is 0 Å². The molecular formula is C11H18. The lowest BCUT2D eigenvalue weighted by atomic mass is 9.93. The van der Waals surface area contributed by atoms with Crippen molar-refractivity contribution in [3.05, 3.63) is 23.8 Å². The van der Waals surface area contributed by atoms with E-state index in [9.17, 15) is 0 Å². The van der Waals surface area contributed by atoms with Gasteiger partial charge in [-0.3, -0.25) is 0 Å². The molecule has 0 saturated heterocycles. The Balaban J connectivity index is 2.50. The molecule has 0 fully saturated rings. The molecule has 62 valence electrons. The Hall–Kier alpha value is -0.520. The van der Waals surface area contributed by atoms with Crippen molar-refractivity contribution >= 4 is 0 Å². The molecule has 1 atom stereocenters. The van der Waals surface area contributed by atoms with E-state index in [1.54, 1.807) is 0 Å². The zero-order chi connectivity index (χ0) is 8.27. The third-order valence-electron chi connectivity index (χ3n) is 1.98. The van der Waals surface area contributed by atoms with E-state index in [2.05, 4.69) is 39.0 Å². The highest BCUT2D eigenvalue weighted by Crippen LogP contribution is 2.20. The van der Waals surface area contributed by atoms with Crippen LogP contribution in [0.4, 0.5) is 0 Å². The van der Waals surface area contributed by atoms with Crippen molar-refractivity contribution in [1.29, 1.82) is 0 Å². The fraction of sp³-hybridized carbons (Fsp3) is 0.636. The van der Waals surface area contributed by atoms with Crippen molar-refractivity contribution in [2.24, 2.45) is 11.8 Å². The van der Waals surface area contributed by atoms with Gasteiger partial charge in [0.15, 0.2) is 0 Å². The average Bonchev–Trinajstić information content (AvgIpc) is 1.85. The highest BCUT2D eigenvalue weighted by Gasteiger charge is 2.04. The van der Waals surface area contributed by atoms with E-state index in [1.165, 1.54) is 18.4 Å². The summed E-state index contributed by atoms with van der Waals surface area (Å²) in [6.45, 7) is 6.83. The summed E-state index contributed by atoms with van der Waals surface area (Å²) in [4.78, 5) is 0. The summed E-state index contributed by atoms with van der Waals surface area (Å²) in [6, 6.07) is 0. The van der Waals surface area contributed by atoms with Crippen LogP contribution in [-0.4, -0.2) is 0 Å². The number of allylic oxidation sites excluding steroid dienone is 4. The molecule has 0 amide bonds. The Bertz CT molecular complexity index is 172. The standard InChI is InChI=1S/C11H18/c1-9(2)7-11-6-4-5-10(3)8-11/h4,6,8-10H,5,7H2,1-3H3. The first-order valence-electron chi connectivity index (χ1n) is 4.55. The van der Waals surface area contributed by atoms with Crippen LogP contribution >= 0.6 is 0 Å². The molecule has 11 heavy (non-hydrogen) atoms. The Kier molecular flexibility index (Phi) is 2.92. The second-order valence-electron chi connectivity index (χ2n) is 3.95. The molecule has 0 heterocycles. The summed E-state index contributed by atoms with van der Waals surface area (Å²) >= 11 is 0. The molecule has 1 unspecified atom stereocenters. The number of rotatable bonds is 2. The van der Waals surface area contributed by atoms with E-state index in [-0.39, 0.29) is 0 Å². The van der Waals surface area contributed by atoms with Crippen LogP contribution in [0, 0.1) is 11.8 Å². The summed E-state index contributed by atoms with van der Waals surface area (Å²) < 4.78 is 0. The molecule has 0 heteroatoms. The first-order chi connectivity index (χ1) is 5.18. The second-order valence-corrected chi connectivity index (χ2v) is 3.95. The highest BCUT2D eigenvalue weighted by molar-refractivity contribution is 5.23. The lowest BCUT2D eigenvalue weighted by Crippen LogP contribution is -1.97. The summed E-state index contributed by atoms with van der Waals surface area (Å²) in [5.74, 6) is 1.55. The van der Waals surface area contributed by atoms with Gasteiger partial charge in [-0.05, 0) is 24.7 Å². The van der Waals surface area contributed by atoms with Gasteiger partial charge in [0.1, 0.15) is 0 Å². The fourth-order valence-electron chi connectivity index (χ4n) is 1.53. The molecule has 0 nitrogen and oxygen atoms in total. The van der Waals surface area contributed by atoms with E-state index in [4.69, 9.17) is 0 Å². The van der Waals surface area contributed by atoms with Gasteiger partial charge < -0.3 is 0 Å². The van der Waals surface area contributed by atoms with Crippen molar-refractivity contribution < 1.29 is 0 Å². The van der Waals surface area contributed by atoms with Gasteiger partial charge in [0.2, 0.25) is 0 Å². The summed E-state index contributed by atoms with van der Waals surface area (Å²) in [5, 5.41) is 0. The molecule has 1 aliphatic rings. The zero-order valence-electron chi connectivity index (χ0n) is 7.80. The summed E-state index contributed by atoms with van der Waals surface area (Å²) in [6.07, 6.45) is 9.44. The number of hydrogen-bond donors (Lipinski definition) is 0. The van der Waals surface area contributed by atoms with Gasteiger partial charge in [-0.2, -0.15) is 0 Å². The lowest BCUT2D eigenvalue weighted by molar-refractivity contribution is 0.632. The summed E-state index contributed by atoms with van der Waals surface area (Å²) in [5.41, 5.74) is 1.53. The molecule has 0 aromatic carbocycles. The molecule has 0 radical (unpaired) electrons. The van der Waals surface area contributed by atoms with Crippen LogP contribution in [0.3, 0.4) is 0 Å². The van der Waals surface area contributed by atoms with Crippen LogP contribution in [0.25, 0.3) is 0 Å². The maximum atomic E-state index is 2.40. The molecule has 0 bridgehead atoms. The Morgan fingerprint density at radius 3 is 2.82 bits per heavy atom. The zero-order valence-corrected chi connectivity index (χ0v) is 7.80. The third-order valence-corrected chi connectivity index (χ3v) is 1.98. The monoisotopic (exact) mass is 150 g/mol. The highest BCUT2D eigenvalue weighted by atomic mass is 14.1. The molecule has 1 rings (SSSR count). The molecule has 0 saturated carbocycles. The second kappa shape index (κ2) is 3.75. The Morgan fingerprint density at radius 2 is 2.27 bits per heavy atom. The van der Waals surface area contributed by atoms with Crippen molar-refractivity contribution in [3.63, 3.8) is 0 Å². The smallest absolute Gasteiger partial charge is 0.0221 e. The average molecular weight is 150 g/mol. The number of hydrogen-bond acceptors (Lipinski definition) is 0. The van der Waals surface area contributed by atoms with Gasteiger partial charge in [0.25, 0.3) is 0 Å². The van der Waals surface area contributed by atoms with E-state index in [1.807, 2.05) is 0 Å².